The van der Waals surface area contributed by atoms with Crippen LogP contribution in [0.15, 0.2) is 48.8 Å². The smallest absolute Gasteiger partial charge is 0.257 e. The van der Waals surface area contributed by atoms with Crippen molar-refractivity contribution in [2.75, 3.05) is 31.6 Å². The number of pyridine rings is 1. The van der Waals surface area contributed by atoms with E-state index >= 15 is 0 Å². The van der Waals surface area contributed by atoms with Gasteiger partial charge < -0.3 is 15.0 Å². The van der Waals surface area contributed by atoms with Crippen LogP contribution in [0.25, 0.3) is 0 Å². The molecule has 1 spiro atoms. The Kier molecular flexibility index (Phi) is 4.90. The highest BCUT2D eigenvalue weighted by Crippen LogP contribution is 2.40. The average molecular weight is 365 g/mol. The Balaban J connectivity index is 1.44. The van der Waals surface area contributed by atoms with Gasteiger partial charge in [-0.3, -0.25) is 14.6 Å². The monoisotopic (exact) mass is 365 g/mol. The van der Waals surface area contributed by atoms with Crippen molar-refractivity contribution in [3.8, 4) is 0 Å². The summed E-state index contributed by atoms with van der Waals surface area (Å²) in [7, 11) is 0. The van der Waals surface area contributed by atoms with Crippen LogP contribution < -0.4 is 5.32 Å². The molecule has 27 heavy (non-hydrogen) atoms. The van der Waals surface area contributed by atoms with E-state index in [-0.39, 0.29) is 17.2 Å². The van der Waals surface area contributed by atoms with Crippen molar-refractivity contribution in [3.63, 3.8) is 0 Å². The minimum atomic E-state index is -0.241. The van der Waals surface area contributed by atoms with E-state index in [4.69, 9.17) is 4.74 Å². The molecule has 1 N–H and O–H groups in total. The van der Waals surface area contributed by atoms with E-state index in [2.05, 4.69) is 10.3 Å². The molecule has 140 valence electrons. The van der Waals surface area contributed by atoms with Gasteiger partial charge in [0.05, 0.1) is 5.56 Å². The van der Waals surface area contributed by atoms with Crippen LogP contribution in [0.4, 0.5) is 5.69 Å². The van der Waals surface area contributed by atoms with Crippen molar-refractivity contribution < 1.29 is 14.3 Å². The highest BCUT2D eigenvalue weighted by atomic mass is 16.5. The number of nitrogens with one attached hydrogen (secondary N) is 1. The van der Waals surface area contributed by atoms with Gasteiger partial charge >= 0.3 is 0 Å². The molecule has 2 fully saturated rings. The second-order valence-corrected chi connectivity index (χ2v) is 7.37. The van der Waals surface area contributed by atoms with Gasteiger partial charge in [0.25, 0.3) is 11.8 Å². The van der Waals surface area contributed by atoms with Gasteiger partial charge in [0, 0.05) is 49.9 Å². The molecule has 2 saturated heterocycles. The average Bonchev–Trinajstić information content (AvgIpc) is 3.12. The maximum Gasteiger partial charge on any atom is 0.257 e. The minimum absolute atomic E-state index is 0.0239. The molecule has 1 aromatic carbocycles. The lowest BCUT2D eigenvalue weighted by molar-refractivity contribution is 0.0191. The summed E-state index contributed by atoms with van der Waals surface area (Å²) in [6.07, 6.45) is 6.23. The number of anilines is 1. The predicted molar refractivity (Wildman–Crippen MR) is 102 cm³/mol. The molecule has 2 amide bonds. The normalized spacial score (nSPS) is 18.4. The van der Waals surface area contributed by atoms with Crippen LogP contribution in [0.5, 0.6) is 0 Å². The van der Waals surface area contributed by atoms with E-state index in [1.54, 1.807) is 42.6 Å². The Bertz CT molecular complexity index is 832. The highest BCUT2D eigenvalue weighted by molar-refractivity contribution is 6.05. The summed E-state index contributed by atoms with van der Waals surface area (Å²) in [5.41, 5.74) is 1.91. The predicted octanol–water partition coefficient (Wildman–Crippen LogP) is 2.98. The van der Waals surface area contributed by atoms with E-state index < -0.39 is 0 Å². The summed E-state index contributed by atoms with van der Waals surface area (Å²) in [6, 6.07) is 10.5. The topological polar surface area (TPSA) is 71.5 Å². The molecule has 0 unspecified atom stereocenters. The Morgan fingerprint density at radius 3 is 2.67 bits per heavy atom. The summed E-state index contributed by atoms with van der Waals surface area (Å²) in [5, 5.41) is 2.83. The molecule has 0 atom stereocenters. The van der Waals surface area contributed by atoms with Gasteiger partial charge in [0.1, 0.15) is 0 Å². The molecule has 6 heteroatoms. The maximum absolute atomic E-state index is 13.0. The summed E-state index contributed by atoms with van der Waals surface area (Å²) in [4.78, 5) is 31.1. The lowest BCUT2D eigenvalue weighted by atomic mass is 9.80. The zero-order chi connectivity index (χ0) is 18.7. The first kappa shape index (κ1) is 17.7. The number of benzene rings is 1. The van der Waals surface area contributed by atoms with E-state index in [0.717, 1.165) is 45.6 Å². The number of hydrogen-bond acceptors (Lipinski definition) is 4. The molecule has 4 rings (SSSR count). The molecule has 2 aromatic rings. The third-order valence-corrected chi connectivity index (χ3v) is 5.57. The SMILES string of the molecule is O=C(Nc1cccc(C(=O)N2CCC3(CCOCC3)C2)c1)c1cccnc1. The van der Waals surface area contributed by atoms with Crippen molar-refractivity contribution in [1.82, 2.24) is 9.88 Å². The number of amides is 2. The molecule has 2 aliphatic rings. The van der Waals surface area contributed by atoms with Crippen molar-refractivity contribution >= 4 is 17.5 Å². The van der Waals surface area contributed by atoms with Crippen molar-refractivity contribution in [3.05, 3.63) is 59.9 Å². The summed E-state index contributed by atoms with van der Waals surface area (Å²) >= 11 is 0. The standard InChI is InChI=1S/C21H23N3O3/c25-19(17-4-2-9-22-14-17)23-18-5-1-3-16(13-18)20(26)24-10-6-21(15-24)7-11-27-12-8-21/h1-5,9,13-14H,6-8,10-12,15H2,(H,23,25). The van der Waals surface area contributed by atoms with Crippen molar-refractivity contribution in [2.45, 2.75) is 19.3 Å². The molecule has 1 aromatic heterocycles. The summed E-state index contributed by atoms with van der Waals surface area (Å²) in [6.45, 7) is 3.16. The number of carbonyl (C=O) groups is 2. The van der Waals surface area contributed by atoms with Crippen LogP contribution in [0, 0.1) is 5.41 Å². The molecule has 2 aliphatic heterocycles. The van der Waals surface area contributed by atoms with Gasteiger partial charge in [0.15, 0.2) is 0 Å². The fourth-order valence-corrected chi connectivity index (χ4v) is 3.93. The lowest BCUT2D eigenvalue weighted by Gasteiger charge is -2.33. The highest BCUT2D eigenvalue weighted by Gasteiger charge is 2.41. The fourth-order valence-electron chi connectivity index (χ4n) is 3.93. The molecule has 0 saturated carbocycles. The van der Waals surface area contributed by atoms with Crippen molar-refractivity contribution in [2.24, 2.45) is 5.41 Å². The number of carbonyl (C=O) groups excluding carboxylic acids is 2. The summed E-state index contributed by atoms with van der Waals surface area (Å²) in [5.74, 6) is -0.217. The largest absolute Gasteiger partial charge is 0.381 e. The van der Waals surface area contributed by atoms with E-state index in [1.807, 2.05) is 4.90 Å². The maximum atomic E-state index is 13.0. The van der Waals surface area contributed by atoms with E-state index in [0.29, 0.717) is 16.8 Å². The molecule has 3 heterocycles. The van der Waals surface area contributed by atoms with Gasteiger partial charge in [-0.25, -0.2) is 0 Å². The van der Waals surface area contributed by atoms with Crippen molar-refractivity contribution in [1.29, 1.82) is 0 Å². The first-order chi connectivity index (χ1) is 13.2. The van der Waals surface area contributed by atoms with Crippen LogP contribution in [0.3, 0.4) is 0 Å². The van der Waals surface area contributed by atoms with Crippen LogP contribution in [-0.4, -0.2) is 48.0 Å². The molecule has 6 nitrogen and oxygen atoms in total. The molecular formula is C21H23N3O3. The van der Waals surface area contributed by atoms with Crippen LogP contribution in [0.2, 0.25) is 0 Å². The number of hydrogen-bond donors (Lipinski definition) is 1. The molecule has 0 radical (unpaired) electrons. The number of rotatable bonds is 3. The van der Waals surface area contributed by atoms with Gasteiger partial charge in [-0.05, 0) is 55.0 Å². The third kappa shape index (κ3) is 3.85. The Morgan fingerprint density at radius 1 is 1.07 bits per heavy atom. The van der Waals surface area contributed by atoms with Gasteiger partial charge in [-0.2, -0.15) is 0 Å². The number of likely N-dealkylation sites (tertiary alicyclic amines) is 1. The second-order valence-electron chi connectivity index (χ2n) is 7.37. The molecular weight excluding hydrogens is 342 g/mol. The van der Waals surface area contributed by atoms with Gasteiger partial charge in [0.2, 0.25) is 0 Å². The first-order valence-corrected chi connectivity index (χ1v) is 9.34. The number of nitrogens with zero attached hydrogens (tertiary/aromatic N) is 2. The van der Waals surface area contributed by atoms with E-state index in [9.17, 15) is 9.59 Å². The fraction of sp³-hybridized carbons (Fsp3) is 0.381. The minimum Gasteiger partial charge on any atom is -0.381 e. The van der Waals surface area contributed by atoms with Gasteiger partial charge in [-0.1, -0.05) is 6.07 Å². The zero-order valence-electron chi connectivity index (χ0n) is 15.2. The Labute approximate surface area is 158 Å². The first-order valence-electron chi connectivity index (χ1n) is 9.34. The third-order valence-electron chi connectivity index (χ3n) is 5.57. The van der Waals surface area contributed by atoms with E-state index in [1.165, 1.54) is 6.20 Å². The molecule has 0 bridgehead atoms. The summed E-state index contributed by atoms with van der Waals surface area (Å²) < 4.78 is 5.48. The quantitative estimate of drug-likeness (QED) is 0.908. The molecule has 0 aliphatic carbocycles. The van der Waals surface area contributed by atoms with Gasteiger partial charge in [-0.15, -0.1) is 0 Å². The van der Waals surface area contributed by atoms with Crippen LogP contribution in [-0.2, 0) is 4.74 Å². The number of aromatic nitrogens is 1. The number of ether oxygens (including phenoxy) is 1. The zero-order valence-corrected chi connectivity index (χ0v) is 15.2. The second kappa shape index (κ2) is 7.48. The lowest BCUT2D eigenvalue weighted by Crippen LogP contribution is -2.35. The van der Waals surface area contributed by atoms with Crippen LogP contribution in [0.1, 0.15) is 40.0 Å². The Morgan fingerprint density at radius 2 is 1.89 bits per heavy atom. The Hall–Kier alpha value is -2.73. The van der Waals surface area contributed by atoms with Crippen LogP contribution >= 0.6 is 0 Å².